The standard InChI is InChI=1S/C17H18N6O4/c1-21-15-14(16(25)22(2)17(21)26)18-10-23(15)9-13(24)20-19-8-11-4-6-12(27-3)7-5-11/h4-8,10H,9H2,1-3H3,(H,20,24)/b19-8-. The van der Waals surface area contributed by atoms with Crippen LogP contribution in [0.2, 0.25) is 0 Å². The largest absolute Gasteiger partial charge is 0.497 e. The van der Waals surface area contributed by atoms with E-state index in [2.05, 4.69) is 15.5 Å². The predicted molar refractivity (Wildman–Crippen MR) is 98.9 cm³/mol. The Morgan fingerprint density at radius 2 is 1.93 bits per heavy atom. The lowest BCUT2D eigenvalue weighted by Gasteiger charge is -2.07. The third kappa shape index (κ3) is 3.50. The van der Waals surface area contributed by atoms with Gasteiger partial charge >= 0.3 is 5.69 Å². The second-order valence-electron chi connectivity index (χ2n) is 5.82. The van der Waals surface area contributed by atoms with Gasteiger partial charge in [0.1, 0.15) is 17.9 Å². The summed E-state index contributed by atoms with van der Waals surface area (Å²) in [6.45, 7) is -0.142. The van der Waals surface area contributed by atoms with Gasteiger partial charge in [0.15, 0.2) is 5.52 Å². The molecular formula is C17H18N6O4. The lowest BCUT2D eigenvalue weighted by molar-refractivity contribution is -0.121. The van der Waals surface area contributed by atoms with Crippen LogP contribution >= 0.6 is 0 Å². The predicted octanol–water partition coefficient (Wildman–Crippen LogP) is -0.407. The molecular weight excluding hydrogens is 352 g/mol. The highest BCUT2D eigenvalue weighted by molar-refractivity contribution is 5.83. The van der Waals surface area contributed by atoms with E-state index in [4.69, 9.17) is 4.74 Å². The number of nitrogens with one attached hydrogen (secondary N) is 1. The van der Waals surface area contributed by atoms with Crippen molar-refractivity contribution in [1.82, 2.24) is 24.1 Å². The van der Waals surface area contributed by atoms with Gasteiger partial charge in [0.25, 0.3) is 11.5 Å². The van der Waals surface area contributed by atoms with Crippen molar-refractivity contribution in [2.45, 2.75) is 6.54 Å². The van der Waals surface area contributed by atoms with Crippen molar-refractivity contribution in [2.24, 2.45) is 19.2 Å². The maximum atomic E-state index is 12.1. The Morgan fingerprint density at radius 3 is 2.59 bits per heavy atom. The van der Waals surface area contributed by atoms with Crippen LogP contribution in [0.15, 0.2) is 45.3 Å². The number of rotatable bonds is 5. The maximum absolute atomic E-state index is 12.1. The van der Waals surface area contributed by atoms with Crippen LogP contribution in [0.25, 0.3) is 11.2 Å². The van der Waals surface area contributed by atoms with Gasteiger partial charge in [-0.1, -0.05) is 0 Å². The number of aromatic nitrogens is 4. The number of hydrazone groups is 1. The molecule has 1 aromatic carbocycles. The van der Waals surface area contributed by atoms with Crippen molar-refractivity contribution in [1.29, 1.82) is 0 Å². The van der Waals surface area contributed by atoms with E-state index >= 15 is 0 Å². The molecule has 0 atom stereocenters. The van der Waals surface area contributed by atoms with Gasteiger partial charge in [-0.15, -0.1) is 0 Å². The molecule has 0 saturated carbocycles. The Bertz CT molecular complexity index is 1140. The smallest absolute Gasteiger partial charge is 0.332 e. The summed E-state index contributed by atoms with van der Waals surface area (Å²) < 4.78 is 8.74. The van der Waals surface area contributed by atoms with E-state index in [-0.39, 0.29) is 17.7 Å². The fourth-order valence-electron chi connectivity index (χ4n) is 2.61. The van der Waals surface area contributed by atoms with Gasteiger partial charge in [0.2, 0.25) is 0 Å². The normalized spacial score (nSPS) is 11.2. The molecule has 0 aliphatic carbocycles. The Balaban J connectivity index is 1.75. The Labute approximate surface area is 153 Å². The zero-order valence-electron chi connectivity index (χ0n) is 15.0. The quantitative estimate of drug-likeness (QED) is 0.485. The summed E-state index contributed by atoms with van der Waals surface area (Å²) in [5.41, 5.74) is 2.58. The van der Waals surface area contributed by atoms with Crippen LogP contribution in [0, 0.1) is 0 Å². The van der Waals surface area contributed by atoms with Crippen molar-refractivity contribution >= 4 is 23.3 Å². The van der Waals surface area contributed by atoms with Crippen molar-refractivity contribution in [3.8, 4) is 5.75 Å². The number of methoxy groups -OCH3 is 1. The summed E-state index contributed by atoms with van der Waals surface area (Å²) in [6, 6.07) is 7.15. The number of amides is 1. The third-order valence-electron chi connectivity index (χ3n) is 4.04. The molecule has 0 spiro atoms. The number of imidazole rings is 1. The first-order valence-corrected chi connectivity index (χ1v) is 7.99. The van der Waals surface area contributed by atoms with E-state index in [9.17, 15) is 14.4 Å². The Kier molecular flexibility index (Phi) is 4.88. The average Bonchev–Trinajstić information content (AvgIpc) is 3.08. The van der Waals surface area contributed by atoms with Crippen LogP contribution in [-0.2, 0) is 25.4 Å². The summed E-state index contributed by atoms with van der Waals surface area (Å²) >= 11 is 0. The number of aryl methyl sites for hydroxylation is 1. The molecule has 140 valence electrons. The minimum atomic E-state index is -0.509. The molecule has 2 aromatic heterocycles. The van der Waals surface area contributed by atoms with Crippen LogP contribution in [0.1, 0.15) is 5.56 Å². The summed E-state index contributed by atoms with van der Waals surface area (Å²) in [7, 11) is 4.47. The third-order valence-corrected chi connectivity index (χ3v) is 4.04. The minimum absolute atomic E-state index is 0.120. The molecule has 0 unspecified atom stereocenters. The zero-order valence-corrected chi connectivity index (χ0v) is 15.0. The van der Waals surface area contributed by atoms with E-state index in [0.717, 1.165) is 15.9 Å². The molecule has 0 aliphatic heterocycles. The second-order valence-corrected chi connectivity index (χ2v) is 5.82. The highest BCUT2D eigenvalue weighted by atomic mass is 16.5. The first-order valence-electron chi connectivity index (χ1n) is 7.99. The maximum Gasteiger partial charge on any atom is 0.332 e. The van der Waals surface area contributed by atoms with Gasteiger partial charge in [0, 0.05) is 14.1 Å². The van der Waals surface area contributed by atoms with Gasteiger partial charge in [-0.25, -0.2) is 15.2 Å². The number of benzene rings is 1. The lowest BCUT2D eigenvalue weighted by atomic mass is 10.2. The highest BCUT2D eigenvalue weighted by Crippen LogP contribution is 2.09. The molecule has 0 bridgehead atoms. The summed E-state index contributed by atoms with van der Waals surface area (Å²) in [4.78, 5) is 40.3. The summed E-state index contributed by atoms with van der Waals surface area (Å²) in [5, 5.41) is 3.90. The fraction of sp³-hybridized carbons (Fsp3) is 0.235. The van der Waals surface area contributed by atoms with Crippen LogP contribution in [0.5, 0.6) is 5.75 Å². The minimum Gasteiger partial charge on any atom is -0.497 e. The number of carbonyl (C=O) groups excluding carboxylic acids is 1. The van der Waals surface area contributed by atoms with E-state index in [1.54, 1.807) is 31.4 Å². The number of nitrogens with zero attached hydrogens (tertiary/aromatic N) is 5. The van der Waals surface area contributed by atoms with Gasteiger partial charge in [0.05, 0.1) is 19.7 Å². The molecule has 0 saturated heterocycles. The summed E-state index contributed by atoms with van der Waals surface area (Å²) in [5.74, 6) is 0.298. The molecule has 10 heteroatoms. The van der Waals surface area contributed by atoms with Crippen LogP contribution in [-0.4, -0.2) is 37.9 Å². The molecule has 27 heavy (non-hydrogen) atoms. The molecule has 3 aromatic rings. The molecule has 0 aliphatic rings. The number of hydrogen-bond acceptors (Lipinski definition) is 6. The first-order chi connectivity index (χ1) is 12.9. The van der Waals surface area contributed by atoms with Crippen molar-refractivity contribution in [3.63, 3.8) is 0 Å². The van der Waals surface area contributed by atoms with Gasteiger partial charge in [-0.05, 0) is 29.8 Å². The monoisotopic (exact) mass is 370 g/mol. The molecule has 2 heterocycles. The van der Waals surface area contributed by atoms with Gasteiger partial charge < -0.3 is 9.30 Å². The van der Waals surface area contributed by atoms with Crippen LogP contribution < -0.4 is 21.4 Å². The topological polar surface area (TPSA) is 113 Å². The van der Waals surface area contributed by atoms with Crippen molar-refractivity contribution in [2.75, 3.05) is 7.11 Å². The van der Waals surface area contributed by atoms with E-state index < -0.39 is 17.2 Å². The summed E-state index contributed by atoms with van der Waals surface area (Å²) in [6.07, 6.45) is 2.84. The molecule has 3 rings (SSSR count). The van der Waals surface area contributed by atoms with Crippen molar-refractivity contribution in [3.05, 3.63) is 57.0 Å². The highest BCUT2D eigenvalue weighted by Gasteiger charge is 2.15. The van der Waals surface area contributed by atoms with Crippen molar-refractivity contribution < 1.29 is 9.53 Å². The second kappa shape index (κ2) is 7.28. The number of hydrogen-bond donors (Lipinski definition) is 1. The van der Waals surface area contributed by atoms with Gasteiger partial charge in [-0.3, -0.25) is 18.7 Å². The number of ether oxygens (including phenoxy) is 1. The zero-order chi connectivity index (χ0) is 19.6. The Morgan fingerprint density at radius 1 is 1.22 bits per heavy atom. The fourth-order valence-corrected chi connectivity index (χ4v) is 2.61. The lowest BCUT2D eigenvalue weighted by Crippen LogP contribution is -2.37. The van der Waals surface area contributed by atoms with E-state index in [0.29, 0.717) is 0 Å². The molecule has 0 radical (unpaired) electrons. The van der Waals surface area contributed by atoms with Crippen LogP contribution in [0.4, 0.5) is 0 Å². The average molecular weight is 370 g/mol. The molecule has 0 fully saturated rings. The molecule has 1 N–H and O–H groups in total. The number of carbonyl (C=O) groups is 1. The first kappa shape index (κ1) is 18.1. The molecule has 1 amide bonds. The van der Waals surface area contributed by atoms with Crippen LogP contribution in [0.3, 0.4) is 0 Å². The van der Waals surface area contributed by atoms with Gasteiger partial charge in [-0.2, -0.15) is 5.10 Å². The Hall–Kier alpha value is -3.69. The van der Waals surface area contributed by atoms with E-state index in [1.807, 2.05) is 0 Å². The molecule has 10 nitrogen and oxygen atoms in total. The number of fused-ring (bicyclic) bond motifs is 1. The SMILES string of the molecule is COc1ccc(/C=N\NC(=O)Cn2cnc3c(=O)n(C)c(=O)n(C)c32)cc1. The van der Waals surface area contributed by atoms with E-state index in [1.165, 1.54) is 35.8 Å².